The summed E-state index contributed by atoms with van der Waals surface area (Å²) in [4.78, 5) is 34.3. The van der Waals surface area contributed by atoms with E-state index in [1.54, 1.807) is 18.2 Å². The molecule has 0 bridgehead atoms. The van der Waals surface area contributed by atoms with E-state index < -0.39 is 17.9 Å². The number of carbonyl (C=O) groups excluding carboxylic acids is 2. The summed E-state index contributed by atoms with van der Waals surface area (Å²) in [5, 5.41) is 11.3. The molecule has 1 aromatic rings. The van der Waals surface area contributed by atoms with Crippen LogP contribution in [0.5, 0.6) is 0 Å². The standard InChI is InChI=1S/C18H25NO4/c1-12(2)16(20)10-5-4-7-14-8-6-9-15(11-14)17(21)19-13(3)18(22)23/h6,8-9,11-13H,4-5,7,10H2,1-3H3,(H,19,21)(H,22,23). The van der Waals surface area contributed by atoms with Crippen LogP contribution in [0.3, 0.4) is 0 Å². The second-order valence-electron chi connectivity index (χ2n) is 6.06. The third kappa shape index (κ3) is 6.63. The van der Waals surface area contributed by atoms with Crippen molar-refractivity contribution < 1.29 is 19.5 Å². The molecule has 1 atom stereocenters. The van der Waals surface area contributed by atoms with E-state index in [-0.39, 0.29) is 11.7 Å². The van der Waals surface area contributed by atoms with E-state index in [2.05, 4.69) is 5.32 Å². The molecule has 0 saturated heterocycles. The summed E-state index contributed by atoms with van der Waals surface area (Å²) in [7, 11) is 0. The first-order chi connectivity index (χ1) is 10.8. The van der Waals surface area contributed by atoms with Crippen LogP contribution in [0.2, 0.25) is 0 Å². The number of hydrogen-bond donors (Lipinski definition) is 2. The number of Topliss-reactive ketones (excluding diaryl/α,β-unsaturated/α-hetero) is 1. The smallest absolute Gasteiger partial charge is 0.325 e. The molecule has 126 valence electrons. The monoisotopic (exact) mass is 319 g/mol. The van der Waals surface area contributed by atoms with E-state index >= 15 is 0 Å². The molecule has 0 spiro atoms. The second-order valence-corrected chi connectivity index (χ2v) is 6.06. The molecule has 0 aliphatic rings. The van der Waals surface area contributed by atoms with Crippen molar-refractivity contribution in [3.63, 3.8) is 0 Å². The number of carboxylic acid groups (broad SMARTS) is 1. The van der Waals surface area contributed by atoms with Gasteiger partial charge in [0.1, 0.15) is 11.8 Å². The van der Waals surface area contributed by atoms with Crippen molar-refractivity contribution in [2.24, 2.45) is 5.92 Å². The molecule has 1 aromatic carbocycles. The fraction of sp³-hybridized carbons (Fsp3) is 0.500. The zero-order valence-corrected chi connectivity index (χ0v) is 14.0. The van der Waals surface area contributed by atoms with Gasteiger partial charge < -0.3 is 10.4 Å². The van der Waals surface area contributed by atoms with Crippen LogP contribution < -0.4 is 5.32 Å². The van der Waals surface area contributed by atoms with Crippen molar-refractivity contribution in [1.82, 2.24) is 5.32 Å². The molecule has 0 aromatic heterocycles. The fourth-order valence-electron chi connectivity index (χ4n) is 2.13. The first kappa shape index (κ1) is 18.9. The largest absolute Gasteiger partial charge is 0.480 e. The van der Waals surface area contributed by atoms with Crippen molar-refractivity contribution in [1.29, 1.82) is 0 Å². The lowest BCUT2D eigenvalue weighted by Gasteiger charge is -2.10. The average molecular weight is 319 g/mol. The van der Waals surface area contributed by atoms with E-state index in [0.29, 0.717) is 12.0 Å². The number of carboxylic acids is 1. The lowest BCUT2D eigenvalue weighted by Crippen LogP contribution is -2.38. The first-order valence-corrected chi connectivity index (χ1v) is 7.96. The highest BCUT2D eigenvalue weighted by Gasteiger charge is 2.15. The summed E-state index contributed by atoms with van der Waals surface area (Å²) >= 11 is 0. The minimum absolute atomic E-state index is 0.0817. The van der Waals surface area contributed by atoms with Crippen molar-refractivity contribution >= 4 is 17.7 Å². The molecule has 5 heteroatoms. The predicted molar refractivity (Wildman–Crippen MR) is 88.4 cm³/mol. The number of carbonyl (C=O) groups is 3. The number of aliphatic carboxylic acids is 1. The second kappa shape index (κ2) is 9.08. The van der Waals surface area contributed by atoms with Gasteiger partial charge >= 0.3 is 5.97 Å². The van der Waals surface area contributed by atoms with Crippen LogP contribution >= 0.6 is 0 Å². The number of benzene rings is 1. The Morgan fingerprint density at radius 2 is 1.83 bits per heavy atom. The third-order valence-electron chi connectivity index (χ3n) is 3.69. The van der Waals surface area contributed by atoms with Crippen LogP contribution in [0.1, 0.15) is 56.0 Å². The molecule has 1 amide bonds. The molecule has 0 radical (unpaired) electrons. The summed E-state index contributed by atoms with van der Waals surface area (Å²) < 4.78 is 0. The highest BCUT2D eigenvalue weighted by atomic mass is 16.4. The van der Waals surface area contributed by atoms with E-state index in [4.69, 9.17) is 5.11 Å². The molecular weight excluding hydrogens is 294 g/mol. The fourth-order valence-corrected chi connectivity index (χ4v) is 2.13. The van der Waals surface area contributed by atoms with Gasteiger partial charge in [0.2, 0.25) is 0 Å². The molecule has 0 saturated carbocycles. The Hall–Kier alpha value is -2.17. The van der Waals surface area contributed by atoms with Crippen LogP contribution in [0.25, 0.3) is 0 Å². The quantitative estimate of drug-likeness (QED) is 0.686. The van der Waals surface area contributed by atoms with Gasteiger partial charge in [-0.15, -0.1) is 0 Å². The van der Waals surface area contributed by atoms with Crippen molar-refractivity contribution in [2.45, 2.75) is 52.5 Å². The van der Waals surface area contributed by atoms with Crippen LogP contribution in [0, 0.1) is 5.92 Å². The number of ketones is 1. The van der Waals surface area contributed by atoms with Gasteiger partial charge in [0.05, 0.1) is 0 Å². The van der Waals surface area contributed by atoms with Crippen molar-refractivity contribution in [3.05, 3.63) is 35.4 Å². The Morgan fingerprint density at radius 1 is 1.13 bits per heavy atom. The number of unbranched alkanes of at least 4 members (excludes halogenated alkanes) is 1. The zero-order valence-electron chi connectivity index (χ0n) is 14.0. The van der Waals surface area contributed by atoms with Gasteiger partial charge in [0.15, 0.2) is 0 Å². The van der Waals surface area contributed by atoms with Crippen LogP contribution in [-0.4, -0.2) is 28.8 Å². The maximum atomic E-state index is 12.0. The number of rotatable bonds is 9. The summed E-state index contributed by atoms with van der Waals surface area (Å²) in [6, 6.07) is 6.23. The molecule has 0 heterocycles. The van der Waals surface area contributed by atoms with Crippen molar-refractivity contribution in [3.8, 4) is 0 Å². The maximum absolute atomic E-state index is 12.0. The van der Waals surface area contributed by atoms with Crippen molar-refractivity contribution in [2.75, 3.05) is 0 Å². The number of hydrogen-bond acceptors (Lipinski definition) is 3. The highest BCUT2D eigenvalue weighted by molar-refractivity contribution is 5.96. The summed E-state index contributed by atoms with van der Waals surface area (Å²) in [5.74, 6) is -1.10. The van der Waals surface area contributed by atoms with Crippen LogP contribution in [0.15, 0.2) is 24.3 Å². The summed E-state index contributed by atoms with van der Waals surface area (Å²) in [6.45, 7) is 5.24. The normalized spacial score (nSPS) is 12.0. The molecule has 23 heavy (non-hydrogen) atoms. The number of amides is 1. The van der Waals surface area contributed by atoms with E-state index in [0.717, 1.165) is 24.8 Å². The molecule has 1 rings (SSSR count). The third-order valence-corrected chi connectivity index (χ3v) is 3.69. The van der Waals surface area contributed by atoms with E-state index in [1.165, 1.54) is 6.92 Å². The number of nitrogens with one attached hydrogen (secondary N) is 1. The molecule has 0 fully saturated rings. The number of aryl methyl sites for hydroxylation is 1. The Balaban J connectivity index is 2.51. The Morgan fingerprint density at radius 3 is 2.43 bits per heavy atom. The average Bonchev–Trinajstić information content (AvgIpc) is 2.51. The van der Waals surface area contributed by atoms with Crippen LogP contribution in [0.4, 0.5) is 0 Å². The minimum Gasteiger partial charge on any atom is -0.480 e. The van der Waals surface area contributed by atoms with Gasteiger partial charge in [-0.1, -0.05) is 26.0 Å². The molecule has 0 aliphatic heterocycles. The van der Waals surface area contributed by atoms with Crippen LogP contribution in [-0.2, 0) is 16.0 Å². The van der Waals surface area contributed by atoms with Gasteiger partial charge in [-0.25, -0.2) is 0 Å². The van der Waals surface area contributed by atoms with E-state index in [1.807, 2.05) is 19.9 Å². The van der Waals surface area contributed by atoms with Gasteiger partial charge in [0.25, 0.3) is 5.91 Å². The Kier molecular flexibility index (Phi) is 7.45. The molecule has 0 aliphatic carbocycles. The lowest BCUT2D eigenvalue weighted by atomic mass is 10.00. The molecule has 1 unspecified atom stereocenters. The lowest BCUT2D eigenvalue weighted by molar-refractivity contribution is -0.138. The Bertz CT molecular complexity index is 566. The summed E-state index contributed by atoms with van der Waals surface area (Å²) in [6.07, 6.45) is 3.10. The molecular formula is C18H25NO4. The highest BCUT2D eigenvalue weighted by Crippen LogP contribution is 2.11. The van der Waals surface area contributed by atoms with Gasteiger partial charge in [-0.3, -0.25) is 14.4 Å². The van der Waals surface area contributed by atoms with Gasteiger partial charge in [-0.2, -0.15) is 0 Å². The topological polar surface area (TPSA) is 83.5 Å². The maximum Gasteiger partial charge on any atom is 0.325 e. The summed E-state index contributed by atoms with van der Waals surface area (Å²) in [5.41, 5.74) is 1.46. The van der Waals surface area contributed by atoms with Gasteiger partial charge in [-0.05, 0) is 43.9 Å². The SMILES string of the molecule is CC(C)C(=O)CCCCc1cccc(C(=O)NC(C)C(=O)O)c1. The predicted octanol–water partition coefficient (Wildman–Crippen LogP) is 2.83. The molecule has 5 nitrogen and oxygen atoms in total. The minimum atomic E-state index is -1.07. The Labute approximate surface area is 137 Å². The van der Waals surface area contributed by atoms with E-state index in [9.17, 15) is 14.4 Å². The molecule has 2 N–H and O–H groups in total. The van der Waals surface area contributed by atoms with Gasteiger partial charge in [0, 0.05) is 17.9 Å². The first-order valence-electron chi connectivity index (χ1n) is 7.96. The zero-order chi connectivity index (χ0) is 17.4.